The summed E-state index contributed by atoms with van der Waals surface area (Å²) in [4.78, 5) is 19.8. The van der Waals surface area contributed by atoms with E-state index in [1.807, 2.05) is 25.1 Å². The number of nitrogens with zero attached hydrogens (tertiary/aromatic N) is 1. The summed E-state index contributed by atoms with van der Waals surface area (Å²) < 4.78 is 0. The minimum absolute atomic E-state index is 0.0448. The van der Waals surface area contributed by atoms with E-state index < -0.39 is 0 Å². The van der Waals surface area contributed by atoms with E-state index in [0.29, 0.717) is 5.82 Å². The lowest BCUT2D eigenvalue weighted by Gasteiger charge is -2.08. The average molecular weight is 254 g/mol. The summed E-state index contributed by atoms with van der Waals surface area (Å²) in [5.74, 6) is 0.703. The van der Waals surface area contributed by atoms with Crippen LogP contribution in [0.25, 0.3) is 11.4 Å². The lowest BCUT2D eigenvalue weighted by atomic mass is 10.1. The Morgan fingerprint density at radius 2 is 2.00 bits per heavy atom. The van der Waals surface area contributed by atoms with Crippen molar-refractivity contribution in [3.63, 3.8) is 0 Å². The van der Waals surface area contributed by atoms with Gasteiger partial charge in [-0.15, -0.1) is 0 Å². The van der Waals surface area contributed by atoms with Gasteiger partial charge in [-0.05, 0) is 38.7 Å². The molecule has 3 rings (SSSR count). The first-order chi connectivity index (χ1) is 9.24. The number of hydrogen-bond acceptors (Lipinski definition) is 2. The molecule has 98 valence electrons. The molecule has 1 aromatic heterocycles. The summed E-state index contributed by atoms with van der Waals surface area (Å²) in [6, 6.07) is 8.09. The first-order valence-electron chi connectivity index (χ1n) is 6.93. The number of aromatic amines is 1. The fourth-order valence-corrected chi connectivity index (χ4v) is 2.71. The van der Waals surface area contributed by atoms with Gasteiger partial charge in [0.25, 0.3) is 5.56 Å². The average Bonchev–Trinajstić information content (AvgIpc) is 2.64. The summed E-state index contributed by atoms with van der Waals surface area (Å²) in [5.41, 5.74) is 4.11. The molecule has 0 bridgehead atoms. The molecule has 0 unspecified atom stereocenters. The van der Waals surface area contributed by atoms with Crippen LogP contribution in [0.15, 0.2) is 29.1 Å². The molecular formula is C16H18N2O. The van der Waals surface area contributed by atoms with Crippen LogP contribution in [0.5, 0.6) is 0 Å². The Kier molecular flexibility index (Phi) is 3.20. The highest BCUT2D eigenvalue weighted by Gasteiger charge is 2.14. The van der Waals surface area contributed by atoms with Gasteiger partial charge in [-0.3, -0.25) is 4.79 Å². The van der Waals surface area contributed by atoms with E-state index >= 15 is 0 Å². The van der Waals surface area contributed by atoms with Gasteiger partial charge in [0.2, 0.25) is 0 Å². The summed E-state index contributed by atoms with van der Waals surface area (Å²) in [6.45, 7) is 2.05. The highest BCUT2D eigenvalue weighted by Crippen LogP contribution is 2.20. The van der Waals surface area contributed by atoms with E-state index in [1.54, 1.807) is 0 Å². The third-order valence-electron chi connectivity index (χ3n) is 3.73. The normalized spacial score (nSPS) is 14.8. The third kappa shape index (κ3) is 2.46. The van der Waals surface area contributed by atoms with Gasteiger partial charge in [0.15, 0.2) is 0 Å². The number of benzene rings is 1. The third-order valence-corrected chi connectivity index (χ3v) is 3.73. The van der Waals surface area contributed by atoms with Crippen molar-refractivity contribution in [1.82, 2.24) is 9.97 Å². The molecule has 1 heterocycles. The van der Waals surface area contributed by atoms with E-state index in [1.165, 1.54) is 12.0 Å². The molecule has 19 heavy (non-hydrogen) atoms. The predicted octanol–water partition coefficient (Wildman–Crippen LogP) is 3.01. The zero-order valence-corrected chi connectivity index (χ0v) is 11.2. The molecule has 0 saturated carbocycles. The molecular weight excluding hydrogens is 236 g/mol. The van der Waals surface area contributed by atoms with Crippen LogP contribution in [-0.4, -0.2) is 9.97 Å². The maximum absolute atomic E-state index is 12.2. The second kappa shape index (κ2) is 5.00. The van der Waals surface area contributed by atoms with Gasteiger partial charge in [-0.2, -0.15) is 0 Å². The number of rotatable bonds is 1. The van der Waals surface area contributed by atoms with Crippen molar-refractivity contribution in [2.45, 2.75) is 39.0 Å². The summed E-state index contributed by atoms with van der Waals surface area (Å²) in [5, 5.41) is 0. The number of H-pyrrole nitrogens is 1. The van der Waals surface area contributed by atoms with Crippen LogP contribution in [-0.2, 0) is 12.8 Å². The molecule has 1 N–H and O–H groups in total. The first-order valence-corrected chi connectivity index (χ1v) is 6.93. The molecule has 0 atom stereocenters. The second-order valence-corrected chi connectivity index (χ2v) is 5.27. The molecule has 2 aromatic rings. The van der Waals surface area contributed by atoms with Crippen LogP contribution in [0.1, 0.15) is 36.1 Å². The Morgan fingerprint density at radius 3 is 2.84 bits per heavy atom. The molecule has 0 spiro atoms. The fraction of sp³-hybridized carbons (Fsp3) is 0.375. The first kappa shape index (κ1) is 12.2. The van der Waals surface area contributed by atoms with Crippen molar-refractivity contribution in [3.05, 3.63) is 51.4 Å². The number of aromatic nitrogens is 2. The van der Waals surface area contributed by atoms with Crippen molar-refractivity contribution in [2.24, 2.45) is 0 Å². The van der Waals surface area contributed by atoms with Crippen molar-refractivity contribution in [3.8, 4) is 11.4 Å². The predicted molar refractivity (Wildman–Crippen MR) is 76.3 cm³/mol. The van der Waals surface area contributed by atoms with Crippen molar-refractivity contribution in [2.75, 3.05) is 0 Å². The Bertz CT molecular complexity index is 658. The minimum atomic E-state index is 0.0448. The summed E-state index contributed by atoms with van der Waals surface area (Å²) in [6.07, 6.45) is 5.22. The second-order valence-electron chi connectivity index (χ2n) is 5.27. The monoisotopic (exact) mass is 254 g/mol. The maximum atomic E-state index is 12.2. The Labute approximate surface area is 112 Å². The topological polar surface area (TPSA) is 45.8 Å². The van der Waals surface area contributed by atoms with Crippen LogP contribution in [0.4, 0.5) is 0 Å². The standard InChI is InChI=1S/C16H18N2O/c1-11-6-5-7-12(10-11)15-17-14-9-4-2-3-8-13(14)16(19)18-15/h5-7,10H,2-4,8-9H2,1H3,(H,17,18,19). The number of aryl methyl sites for hydroxylation is 2. The van der Waals surface area contributed by atoms with E-state index in [9.17, 15) is 4.79 Å². The highest BCUT2D eigenvalue weighted by atomic mass is 16.1. The Balaban J connectivity index is 2.11. The van der Waals surface area contributed by atoms with Crippen molar-refractivity contribution < 1.29 is 0 Å². The largest absolute Gasteiger partial charge is 0.306 e. The van der Waals surface area contributed by atoms with Crippen LogP contribution in [0.2, 0.25) is 0 Å². The highest BCUT2D eigenvalue weighted by molar-refractivity contribution is 5.56. The molecule has 0 fully saturated rings. The van der Waals surface area contributed by atoms with E-state index in [0.717, 1.165) is 42.5 Å². The SMILES string of the molecule is Cc1cccc(-c2nc3c(c(=O)[nH]2)CCCCC3)c1. The van der Waals surface area contributed by atoms with Gasteiger partial charge in [0.1, 0.15) is 5.82 Å². The van der Waals surface area contributed by atoms with Gasteiger partial charge < -0.3 is 4.98 Å². The van der Waals surface area contributed by atoms with E-state index in [2.05, 4.69) is 16.0 Å². The number of nitrogens with one attached hydrogen (secondary N) is 1. The van der Waals surface area contributed by atoms with Crippen LogP contribution >= 0.6 is 0 Å². The Morgan fingerprint density at radius 1 is 1.16 bits per heavy atom. The van der Waals surface area contributed by atoms with Crippen LogP contribution in [0.3, 0.4) is 0 Å². The summed E-state index contributed by atoms with van der Waals surface area (Å²) in [7, 11) is 0. The van der Waals surface area contributed by atoms with Gasteiger partial charge >= 0.3 is 0 Å². The lowest BCUT2D eigenvalue weighted by molar-refractivity contribution is 0.708. The molecule has 1 aliphatic carbocycles. The molecule has 0 amide bonds. The molecule has 1 aliphatic rings. The molecule has 0 saturated heterocycles. The van der Waals surface area contributed by atoms with Gasteiger partial charge in [0, 0.05) is 11.1 Å². The Hall–Kier alpha value is -1.90. The maximum Gasteiger partial charge on any atom is 0.254 e. The van der Waals surface area contributed by atoms with E-state index in [-0.39, 0.29) is 5.56 Å². The summed E-state index contributed by atoms with van der Waals surface area (Å²) >= 11 is 0. The molecule has 1 aromatic carbocycles. The molecule has 3 nitrogen and oxygen atoms in total. The van der Waals surface area contributed by atoms with Crippen molar-refractivity contribution >= 4 is 0 Å². The molecule has 0 radical (unpaired) electrons. The van der Waals surface area contributed by atoms with E-state index in [4.69, 9.17) is 0 Å². The lowest BCUT2D eigenvalue weighted by Crippen LogP contribution is -2.18. The molecule has 0 aliphatic heterocycles. The van der Waals surface area contributed by atoms with Gasteiger partial charge in [-0.25, -0.2) is 4.98 Å². The zero-order valence-electron chi connectivity index (χ0n) is 11.2. The quantitative estimate of drug-likeness (QED) is 0.795. The minimum Gasteiger partial charge on any atom is -0.306 e. The van der Waals surface area contributed by atoms with Crippen LogP contribution < -0.4 is 5.56 Å². The van der Waals surface area contributed by atoms with Gasteiger partial charge in [0.05, 0.1) is 5.69 Å². The zero-order chi connectivity index (χ0) is 13.2. The number of hydrogen-bond donors (Lipinski definition) is 1. The fourth-order valence-electron chi connectivity index (χ4n) is 2.71. The van der Waals surface area contributed by atoms with Crippen molar-refractivity contribution in [1.29, 1.82) is 0 Å². The smallest absolute Gasteiger partial charge is 0.254 e. The molecule has 3 heteroatoms. The van der Waals surface area contributed by atoms with Gasteiger partial charge in [-0.1, -0.05) is 30.2 Å². The number of fused-ring (bicyclic) bond motifs is 1. The van der Waals surface area contributed by atoms with Crippen LogP contribution in [0, 0.1) is 6.92 Å².